The minimum Gasteiger partial charge on any atom is -0.224 e. The van der Waals surface area contributed by atoms with Gasteiger partial charge in [-0.15, -0.1) is 11.3 Å². The standard InChI is InChI=1S/C14H13BrN2S/c1-14(2,3)10-6-4-9(5-7-10)13-17-11(8-16)12(15)18-13/h4-7H,1-3H3. The van der Waals surface area contributed by atoms with Gasteiger partial charge in [-0.25, -0.2) is 4.98 Å². The molecular weight excluding hydrogens is 308 g/mol. The third-order valence-corrected chi connectivity index (χ3v) is 4.44. The van der Waals surface area contributed by atoms with E-state index in [4.69, 9.17) is 5.26 Å². The minimum atomic E-state index is 0.153. The fourth-order valence-electron chi connectivity index (χ4n) is 1.61. The molecule has 4 heteroatoms. The average Bonchev–Trinajstić information content (AvgIpc) is 2.69. The number of benzene rings is 1. The van der Waals surface area contributed by atoms with Crippen molar-refractivity contribution in [1.29, 1.82) is 5.26 Å². The average molecular weight is 321 g/mol. The van der Waals surface area contributed by atoms with Gasteiger partial charge in [0.15, 0.2) is 5.69 Å². The lowest BCUT2D eigenvalue weighted by Gasteiger charge is -2.18. The molecular formula is C14H13BrN2S. The molecule has 0 aliphatic carbocycles. The summed E-state index contributed by atoms with van der Waals surface area (Å²) in [5, 5.41) is 9.77. The van der Waals surface area contributed by atoms with E-state index in [1.807, 2.05) is 0 Å². The molecule has 0 N–H and O–H groups in total. The van der Waals surface area contributed by atoms with Crippen molar-refractivity contribution < 1.29 is 0 Å². The first-order chi connectivity index (χ1) is 8.41. The summed E-state index contributed by atoms with van der Waals surface area (Å²) in [4.78, 5) is 4.30. The molecule has 0 unspecified atom stereocenters. The molecule has 0 amide bonds. The Balaban J connectivity index is 2.38. The van der Waals surface area contributed by atoms with E-state index >= 15 is 0 Å². The zero-order valence-corrected chi connectivity index (χ0v) is 12.9. The Kier molecular flexibility index (Phi) is 3.56. The monoisotopic (exact) mass is 320 g/mol. The molecule has 1 aromatic carbocycles. The molecule has 1 heterocycles. The molecule has 2 rings (SSSR count). The summed E-state index contributed by atoms with van der Waals surface area (Å²) in [5.74, 6) is 0. The second kappa shape index (κ2) is 4.83. The van der Waals surface area contributed by atoms with Gasteiger partial charge in [-0.3, -0.25) is 0 Å². The second-order valence-corrected chi connectivity index (χ2v) is 7.40. The van der Waals surface area contributed by atoms with Gasteiger partial charge < -0.3 is 0 Å². The van der Waals surface area contributed by atoms with Gasteiger partial charge in [-0.2, -0.15) is 5.26 Å². The van der Waals surface area contributed by atoms with Crippen molar-refractivity contribution in [3.63, 3.8) is 0 Å². The van der Waals surface area contributed by atoms with E-state index in [2.05, 4.69) is 72.0 Å². The number of halogens is 1. The van der Waals surface area contributed by atoms with Gasteiger partial charge in [0.1, 0.15) is 14.9 Å². The van der Waals surface area contributed by atoms with E-state index in [0.29, 0.717) is 5.69 Å². The Morgan fingerprint density at radius 2 is 1.83 bits per heavy atom. The first-order valence-electron chi connectivity index (χ1n) is 5.59. The molecule has 2 nitrogen and oxygen atoms in total. The highest BCUT2D eigenvalue weighted by Crippen LogP contribution is 2.32. The van der Waals surface area contributed by atoms with Crippen LogP contribution in [-0.2, 0) is 5.41 Å². The van der Waals surface area contributed by atoms with Gasteiger partial charge >= 0.3 is 0 Å². The van der Waals surface area contributed by atoms with Crippen LogP contribution in [0.1, 0.15) is 32.0 Å². The van der Waals surface area contributed by atoms with Crippen molar-refractivity contribution in [2.75, 3.05) is 0 Å². The second-order valence-electron chi connectivity index (χ2n) is 5.08. The normalized spacial score (nSPS) is 11.3. The van der Waals surface area contributed by atoms with Crippen LogP contribution >= 0.6 is 27.3 Å². The van der Waals surface area contributed by atoms with Gasteiger partial charge in [-0.05, 0) is 26.9 Å². The van der Waals surface area contributed by atoms with Crippen LogP contribution in [0.5, 0.6) is 0 Å². The molecule has 0 aliphatic rings. The smallest absolute Gasteiger partial charge is 0.166 e. The molecule has 2 aromatic rings. The van der Waals surface area contributed by atoms with Gasteiger partial charge in [0, 0.05) is 5.56 Å². The molecule has 92 valence electrons. The van der Waals surface area contributed by atoms with E-state index in [1.54, 1.807) is 0 Å². The van der Waals surface area contributed by atoms with Crippen LogP contribution in [0.15, 0.2) is 28.1 Å². The zero-order chi connectivity index (χ0) is 13.3. The lowest BCUT2D eigenvalue weighted by Crippen LogP contribution is -2.10. The molecule has 0 fully saturated rings. The molecule has 1 aromatic heterocycles. The number of hydrogen-bond acceptors (Lipinski definition) is 3. The molecule has 0 atom stereocenters. The summed E-state index contributed by atoms with van der Waals surface area (Å²) in [6.07, 6.45) is 0. The lowest BCUT2D eigenvalue weighted by molar-refractivity contribution is 0.590. The van der Waals surface area contributed by atoms with Crippen molar-refractivity contribution in [1.82, 2.24) is 4.98 Å². The highest BCUT2D eigenvalue weighted by atomic mass is 79.9. The highest BCUT2D eigenvalue weighted by Gasteiger charge is 2.14. The lowest BCUT2D eigenvalue weighted by atomic mass is 9.87. The fourth-order valence-corrected chi connectivity index (χ4v) is 2.99. The van der Waals surface area contributed by atoms with Gasteiger partial charge in [0.25, 0.3) is 0 Å². The third-order valence-electron chi connectivity index (χ3n) is 2.69. The number of rotatable bonds is 1. The first-order valence-corrected chi connectivity index (χ1v) is 7.20. The highest BCUT2D eigenvalue weighted by molar-refractivity contribution is 9.11. The van der Waals surface area contributed by atoms with E-state index in [9.17, 15) is 0 Å². The summed E-state index contributed by atoms with van der Waals surface area (Å²) >= 11 is 4.84. The Morgan fingerprint density at radius 1 is 1.22 bits per heavy atom. The van der Waals surface area contributed by atoms with Crippen molar-refractivity contribution in [2.45, 2.75) is 26.2 Å². The third kappa shape index (κ3) is 2.63. The van der Waals surface area contributed by atoms with Gasteiger partial charge in [-0.1, -0.05) is 45.0 Å². The van der Waals surface area contributed by atoms with Crippen LogP contribution in [0.25, 0.3) is 10.6 Å². The van der Waals surface area contributed by atoms with Gasteiger partial charge in [0.2, 0.25) is 0 Å². The van der Waals surface area contributed by atoms with E-state index < -0.39 is 0 Å². The summed E-state index contributed by atoms with van der Waals surface area (Å²) in [5.41, 5.74) is 2.95. The first kappa shape index (κ1) is 13.3. The van der Waals surface area contributed by atoms with E-state index in [0.717, 1.165) is 14.4 Å². The molecule has 0 radical (unpaired) electrons. The number of nitrogens with zero attached hydrogens (tertiary/aromatic N) is 2. The fraction of sp³-hybridized carbons (Fsp3) is 0.286. The van der Waals surface area contributed by atoms with Crippen molar-refractivity contribution in [3.8, 4) is 16.6 Å². The molecule has 0 spiro atoms. The minimum absolute atomic E-state index is 0.153. The summed E-state index contributed by atoms with van der Waals surface area (Å²) in [6.45, 7) is 6.57. The Labute approximate surface area is 119 Å². The van der Waals surface area contributed by atoms with Crippen molar-refractivity contribution in [2.24, 2.45) is 0 Å². The largest absolute Gasteiger partial charge is 0.224 e. The van der Waals surface area contributed by atoms with Crippen LogP contribution in [0.2, 0.25) is 0 Å². The topological polar surface area (TPSA) is 36.7 Å². The maximum absolute atomic E-state index is 8.89. The van der Waals surface area contributed by atoms with Crippen molar-refractivity contribution >= 4 is 27.3 Å². The summed E-state index contributed by atoms with van der Waals surface area (Å²) in [6, 6.07) is 10.4. The predicted octanol–water partition coefficient (Wildman–Crippen LogP) is 4.74. The predicted molar refractivity (Wildman–Crippen MR) is 78.7 cm³/mol. The van der Waals surface area contributed by atoms with Gasteiger partial charge in [0.05, 0.1) is 0 Å². The molecule has 18 heavy (non-hydrogen) atoms. The Bertz CT molecular complexity index is 600. The Hall–Kier alpha value is -1.18. The maximum atomic E-state index is 8.89. The molecule has 0 saturated heterocycles. The van der Waals surface area contributed by atoms with Crippen LogP contribution in [0, 0.1) is 11.3 Å². The number of thiazole rings is 1. The number of aromatic nitrogens is 1. The molecule has 0 saturated carbocycles. The van der Waals surface area contributed by atoms with Crippen LogP contribution < -0.4 is 0 Å². The summed E-state index contributed by atoms with van der Waals surface area (Å²) in [7, 11) is 0. The van der Waals surface area contributed by atoms with Crippen LogP contribution in [0.3, 0.4) is 0 Å². The summed E-state index contributed by atoms with van der Waals surface area (Å²) < 4.78 is 0.792. The SMILES string of the molecule is CC(C)(C)c1ccc(-c2nc(C#N)c(Br)s2)cc1. The quantitative estimate of drug-likeness (QED) is 0.760. The van der Waals surface area contributed by atoms with Crippen LogP contribution in [0.4, 0.5) is 0 Å². The molecule has 0 bridgehead atoms. The van der Waals surface area contributed by atoms with Crippen molar-refractivity contribution in [3.05, 3.63) is 39.3 Å². The van der Waals surface area contributed by atoms with Crippen LogP contribution in [-0.4, -0.2) is 4.98 Å². The Morgan fingerprint density at radius 3 is 2.28 bits per heavy atom. The maximum Gasteiger partial charge on any atom is 0.166 e. The molecule has 0 aliphatic heterocycles. The number of hydrogen-bond donors (Lipinski definition) is 0. The van der Waals surface area contributed by atoms with E-state index in [1.165, 1.54) is 16.9 Å². The zero-order valence-electron chi connectivity index (χ0n) is 10.5. The number of nitriles is 1. The van der Waals surface area contributed by atoms with E-state index in [-0.39, 0.29) is 5.41 Å².